The Morgan fingerprint density at radius 3 is 2.51 bits per heavy atom. The molecular formula is C35H37ClFN3O5. The average Bonchev–Trinajstić information content (AvgIpc) is 3.89. The standard InChI is InChI=1S/C35H37ClFN3O5/c1-22(41)39-20-26-18-30(24-6-11-28(12-7-24)44-14-15-45-33-17-25(37)8-13-31(33)36)34(32(21-39)38-26)35(42)40(27-9-10-27)19-23-4-3-5-29(16-23)43-2/h3-8,11-13,16-17,26-27,32,38H,9-10,14-15,18-21H2,1-2H3/t26?,32-/m1/s1. The zero-order valence-corrected chi connectivity index (χ0v) is 26.2. The monoisotopic (exact) mass is 633 g/mol. The lowest BCUT2D eigenvalue weighted by Gasteiger charge is -2.44. The summed E-state index contributed by atoms with van der Waals surface area (Å²) in [7, 11) is 1.64. The van der Waals surface area contributed by atoms with Crippen LogP contribution in [-0.2, 0) is 16.1 Å². The number of benzene rings is 3. The van der Waals surface area contributed by atoms with Crippen molar-refractivity contribution in [3.63, 3.8) is 0 Å². The number of hydrogen-bond donors (Lipinski definition) is 1. The van der Waals surface area contributed by atoms with Crippen LogP contribution in [0.25, 0.3) is 5.57 Å². The summed E-state index contributed by atoms with van der Waals surface area (Å²) in [5, 5.41) is 3.98. The van der Waals surface area contributed by atoms with E-state index in [-0.39, 0.29) is 48.9 Å². The Hall–Kier alpha value is -4.08. The molecule has 0 spiro atoms. The summed E-state index contributed by atoms with van der Waals surface area (Å²) in [5.41, 5.74) is 3.70. The van der Waals surface area contributed by atoms with Crippen molar-refractivity contribution in [2.75, 3.05) is 33.4 Å². The molecular weight excluding hydrogens is 597 g/mol. The van der Waals surface area contributed by atoms with E-state index < -0.39 is 5.82 Å². The Bertz CT molecular complexity index is 1590. The number of nitrogens with one attached hydrogen (secondary N) is 1. The van der Waals surface area contributed by atoms with Gasteiger partial charge in [0.1, 0.15) is 36.3 Å². The molecule has 0 aromatic heterocycles. The maximum absolute atomic E-state index is 14.5. The predicted octanol–water partition coefficient (Wildman–Crippen LogP) is 5.48. The van der Waals surface area contributed by atoms with Crippen LogP contribution in [0.15, 0.2) is 72.3 Å². The second-order valence-electron chi connectivity index (χ2n) is 11.7. The molecule has 0 radical (unpaired) electrons. The maximum Gasteiger partial charge on any atom is 0.252 e. The minimum Gasteiger partial charge on any atom is -0.497 e. The van der Waals surface area contributed by atoms with Gasteiger partial charge >= 0.3 is 0 Å². The number of hydrogen-bond acceptors (Lipinski definition) is 6. The number of rotatable bonds is 11. The van der Waals surface area contributed by atoms with Crippen molar-refractivity contribution in [1.82, 2.24) is 15.1 Å². The summed E-state index contributed by atoms with van der Waals surface area (Å²) < 4.78 is 30.4. The van der Waals surface area contributed by atoms with E-state index in [1.165, 1.54) is 18.2 Å². The van der Waals surface area contributed by atoms with Crippen LogP contribution < -0.4 is 19.5 Å². The van der Waals surface area contributed by atoms with Gasteiger partial charge in [0.2, 0.25) is 5.91 Å². The fraction of sp³-hybridized carbons (Fsp3) is 0.371. The lowest BCUT2D eigenvalue weighted by molar-refractivity contribution is -0.132. The molecule has 1 saturated carbocycles. The van der Waals surface area contributed by atoms with Gasteiger partial charge < -0.3 is 29.3 Å². The van der Waals surface area contributed by atoms with Crippen LogP contribution in [0, 0.1) is 5.82 Å². The number of methoxy groups -OCH3 is 1. The first kappa shape index (κ1) is 30.9. The molecule has 3 aromatic carbocycles. The Morgan fingerprint density at radius 2 is 1.78 bits per heavy atom. The molecule has 2 aliphatic heterocycles. The van der Waals surface area contributed by atoms with Crippen LogP contribution >= 0.6 is 11.6 Å². The summed E-state index contributed by atoms with van der Waals surface area (Å²) in [6.07, 6.45) is 2.57. The van der Waals surface area contributed by atoms with Gasteiger partial charge in [0.15, 0.2) is 0 Å². The SMILES string of the molecule is COc1cccc(CN(C(=O)C2=C(c3ccc(OCCOc4cc(F)ccc4Cl)cc3)CC3CN(C(C)=O)C[C@H]2N3)C2CC2)c1. The molecule has 2 atom stereocenters. The van der Waals surface area contributed by atoms with E-state index in [0.717, 1.165) is 40.9 Å². The molecule has 10 heteroatoms. The predicted molar refractivity (Wildman–Crippen MR) is 170 cm³/mol. The topological polar surface area (TPSA) is 80.3 Å². The minimum atomic E-state index is -0.422. The van der Waals surface area contributed by atoms with Crippen molar-refractivity contribution in [2.24, 2.45) is 0 Å². The van der Waals surface area contributed by atoms with Gasteiger partial charge in [0, 0.05) is 50.3 Å². The van der Waals surface area contributed by atoms with E-state index in [9.17, 15) is 14.0 Å². The first-order valence-corrected chi connectivity index (χ1v) is 15.7. The van der Waals surface area contributed by atoms with Crippen molar-refractivity contribution < 1.29 is 28.2 Å². The smallest absolute Gasteiger partial charge is 0.252 e. The van der Waals surface area contributed by atoms with E-state index in [0.29, 0.717) is 36.8 Å². The molecule has 6 rings (SSSR count). The van der Waals surface area contributed by atoms with Gasteiger partial charge in [-0.15, -0.1) is 0 Å². The third kappa shape index (κ3) is 7.26. The Kier molecular flexibility index (Phi) is 9.28. The summed E-state index contributed by atoms with van der Waals surface area (Å²) in [6, 6.07) is 19.5. The third-order valence-corrected chi connectivity index (χ3v) is 8.83. The van der Waals surface area contributed by atoms with Crippen LogP contribution in [0.4, 0.5) is 4.39 Å². The highest BCUT2D eigenvalue weighted by Crippen LogP contribution is 2.38. The van der Waals surface area contributed by atoms with Crippen LogP contribution in [0.2, 0.25) is 5.02 Å². The highest BCUT2D eigenvalue weighted by molar-refractivity contribution is 6.32. The van der Waals surface area contributed by atoms with Crippen molar-refractivity contribution in [1.29, 1.82) is 0 Å². The van der Waals surface area contributed by atoms with Gasteiger partial charge in [-0.25, -0.2) is 4.39 Å². The summed E-state index contributed by atoms with van der Waals surface area (Å²) in [4.78, 5) is 30.8. The number of carbonyl (C=O) groups excluding carboxylic acids is 2. The molecule has 2 bridgehead atoms. The van der Waals surface area contributed by atoms with Crippen molar-refractivity contribution >= 4 is 29.0 Å². The maximum atomic E-state index is 14.5. The molecule has 1 unspecified atom stereocenters. The molecule has 2 heterocycles. The summed E-state index contributed by atoms with van der Waals surface area (Å²) in [6.45, 7) is 3.56. The molecule has 8 nitrogen and oxygen atoms in total. The first-order valence-electron chi connectivity index (χ1n) is 15.3. The van der Waals surface area contributed by atoms with Gasteiger partial charge in [-0.3, -0.25) is 9.59 Å². The number of piperazine rings is 1. The zero-order chi connectivity index (χ0) is 31.5. The van der Waals surface area contributed by atoms with Gasteiger partial charge in [-0.1, -0.05) is 35.9 Å². The number of fused-ring (bicyclic) bond motifs is 2. The molecule has 3 aliphatic rings. The molecule has 1 saturated heterocycles. The van der Waals surface area contributed by atoms with Gasteiger partial charge in [-0.2, -0.15) is 0 Å². The number of amides is 2. The van der Waals surface area contributed by atoms with E-state index >= 15 is 0 Å². The van der Waals surface area contributed by atoms with Gasteiger partial charge in [0.25, 0.3) is 5.91 Å². The van der Waals surface area contributed by atoms with Gasteiger partial charge in [-0.05, 0) is 72.4 Å². The van der Waals surface area contributed by atoms with Crippen LogP contribution in [-0.4, -0.2) is 73.2 Å². The Balaban J connectivity index is 1.23. The highest BCUT2D eigenvalue weighted by Gasteiger charge is 2.43. The normalized spacial score (nSPS) is 19.2. The average molecular weight is 634 g/mol. The van der Waals surface area contributed by atoms with Crippen molar-refractivity contribution in [2.45, 2.75) is 50.9 Å². The molecule has 1 aliphatic carbocycles. The largest absolute Gasteiger partial charge is 0.497 e. The minimum absolute atomic E-state index is 0.00477. The number of nitrogens with zero attached hydrogens (tertiary/aromatic N) is 2. The Labute approximate surface area is 267 Å². The van der Waals surface area contributed by atoms with Crippen LogP contribution in [0.1, 0.15) is 37.3 Å². The third-order valence-electron chi connectivity index (χ3n) is 8.52. The van der Waals surface area contributed by atoms with Crippen LogP contribution in [0.5, 0.6) is 17.2 Å². The second kappa shape index (κ2) is 13.5. The zero-order valence-electron chi connectivity index (χ0n) is 25.4. The lowest BCUT2D eigenvalue weighted by atomic mass is 9.82. The number of halogens is 2. The molecule has 3 aromatic rings. The molecule has 236 valence electrons. The fourth-order valence-corrected chi connectivity index (χ4v) is 6.32. The van der Waals surface area contributed by atoms with E-state index in [4.69, 9.17) is 25.8 Å². The molecule has 45 heavy (non-hydrogen) atoms. The number of carbonyl (C=O) groups is 2. The quantitative estimate of drug-likeness (QED) is 0.282. The summed E-state index contributed by atoms with van der Waals surface area (Å²) in [5.74, 6) is 1.28. The van der Waals surface area contributed by atoms with Crippen LogP contribution in [0.3, 0.4) is 0 Å². The number of ether oxygens (including phenoxy) is 3. The molecule has 1 N–H and O–H groups in total. The van der Waals surface area contributed by atoms with Crippen molar-refractivity contribution in [3.05, 3.63) is 94.3 Å². The molecule has 2 fully saturated rings. The first-order chi connectivity index (χ1) is 21.8. The Morgan fingerprint density at radius 1 is 1.00 bits per heavy atom. The van der Waals surface area contributed by atoms with E-state index in [2.05, 4.69) is 5.32 Å². The molecule has 2 amide bonds. The van der Waals surface area contributed by atoms with Crippen molar-refractivity contribution in [3.8, 4) is 17.2 Å². The van der Waals surface area contributed by atoms with E-state index in [1.54, 1.807) is 14.0 Å². The second-order valence-corrected chi connectivity index (χ2v) is 12.2. The van der Waals surface area contributed by atoms with E-state index in [1.807, 2.05) is 58.3 Å². The lowest BCUT2D eigenvalue weighted by Crippen LogP contribution is -2.61. The summed E-state index contributed by atoms with van der Waals surface area (Å²) >= 11 is 6.08. The van der Waals surface area contributed by atoms with Gasteiger partial charge in [0.05, 0.1) is 18.2 Å². The fourth-order valence-electron chi connectivity index (χ4n) is 6.15. The highest BCUT2D eigenvalue weighted by atomic mass is 35.5.